The van der Waals surface area contributed by atoms with Gasteiger partial charge in [0.15, 0.2) is 0 Å². The van der Waals surface area contributed by atoms with Crippen molar-refractivity contribution in [3.05, 3.63) is 35.4 Å². The molecule has 1 aromatic carbocycles. The minimum absolute atomic E-state index is 0.128. The second-order valence-corrected chi connectivity index (χ2v) is 5.25. The Bertz CT molecular complexity index is 385. The molecule has 0 radical (unpaired) electrons. The van der Waals surface area contributed by atoms with Crippen LogP contribution >= 0.6 is 0 Å². The molecule has 0 atom stereocenters. The average molecular weight is 285 g/mol. The predicted octanol–water partition coefficient (Wildman–Crippen LogP) is 3.55. The number of methoxy groups -OCH3 is 1. The molecule has 0 saturated heterocycles. The molecule has 0 fully saturated rings. The lowest BCUT2D eigenvalue weighted by atomic mass is 9.76. The number of rotatable bonds is 9. The number of benzene rings is 1. The van der Waals surface area contributed by atoms with Gasteiger partial charge in [-0.25, -0.2) is 8.78 Å². The maximum atomic E-state index is 13.8. The van der Waals surface area contributed by atoms with Crippen LogP contribution in [0.25, 0.3) is 0 Å². The molecule has 1 aromatic rings. The fourth-order valence-corrected chi connectivity index (χ4v) is 2.42. The Balaban J connectivity index is 2.80. The molecule has 0 bridgehead atoms. The van der Waals surface area contributed by atoms with E-state index >= 15 is 0 Å². The van der Waals surface area contributed by atoms with Gasteiger partial charge in [-0.2, -0.15) is 0 Å². The van der Waals surface area contributed by atoms with E-state index in [0.717, 1.165) is 25.9 Å². The van der Waals surface area contributed by atoms with Crippen LogP contribution in [0.1, 0.15) is 32.3 Å². The first kappa shape index (κ1) is 17.1. The minimum atomic E-state index is -0.451. The second kappa shape index (κ2) is 8.32. The Labute approximate surface area is 120 Å². The molecule has 0 saturated carbocycles. The van der Waals surface area contributed by atoms with Crippen molar-refractivity contribution in [1.82, 2.24) is 5.32 Å². The molecule has 0 aromatic heterocycles. The first-order chi connectivity index (χ1) is 9.58. The molecular formula is C16H25F2NO. The van der Waals surface area contributed by atoms with Crippen molar-refractivity contribution in [2.45, 2.75) is 33.1 Å². The highest BCUT2D eigenvalue weighted by molar-refractivity contribution is 5.21. The molecule has 0 aliphatic rings. The Morgan fingerprint density at radius 3 is 2.25 bits per heavy atom. The monoisotopic (exact) mass is 285 g/mol. The van der Waals surface area contributed by atoms with Gasteiger partial charge in [-0.15, -0.1) is 0 Å². The maximum Gasteiger partial charge on any atom is 0.129 e. The van der Waals surface area contributed by atoms with Crippen LogP contribution < -0.4 is 5.32 Å². The van der Waals surface area contributed by atoms with Crippen LogP contribution in [0.5, 0.6) is 0 Å². The van der Waals surface area contributed by atoms with Crippen molar-refractivity contribution in [2.75, 3.05) is 26.8 Å². The highest BCUT2D eigenvalue weighted by atomic mass is 19.1. The van der Waals surface area contributed by atoms with E-state index in [-0.39, 0.29) is 11.0 Å². The van der Waals surface area contributed by atoms with Gasteiger partial charge in [0.05, 0.1) is 6.61 Å². The van der Waals surface area contributed by atoms with Crippen molar-refractivity contribution in [2.24, 2.45) is 5.41 Å². The summed E-state index contributed by atoms with van der Waals surface area (Å²) in [6.45, 7) is 6.26. The van der Waals surface area contributed by atoms with Gasteiger partial charge in [0.1, 0.15) is 11.6 Å². The van der Waals surface area contributed by atoms with Gasteiger partial charge in [-0.1, -0.05) is 19.9 Å². The number of hydrogen-bond donors (Lipinski definition) is 1. The van der Waals surface area contributed by atoms with Crippen LogP contribution in [0.3, 0.4) is 0 Å². The lowest BCUT2D eigenvalue weighted by molar-refractivity contribution is 0.184. The van der Waals surface area contributed by atoms with E-state index in [1.54, 1.807) is 7.11 Å². The van der Waals surface area contributed by atoms with Gasteiger partial charge in [-0.3, -0.25) is 0 Å². The average Bonchev–Trinajstić information content (AvgIpc) is 2.46. The zero-order chi connectivity index (χ0) is 15.0. The Kier molecular flexibility index (Phi) is 7.10. The van der Waals surface area contributed by atoms with E-state index in [9.17, 15) is 8.78 Å². The van der Waals surface area contributed by atoms with Crippen LogP contribution in [0.4, 0.5) is 8.78 Å². The molecule has 0 heterocycles. The predicted molar refractivity (Wildman–Crippen MR) is 77.8 cm³/mol. The van der Waals surface area contributed by atoms with Crippen molar-refractivity contribution in [3.8, 4) is 0 Å². The molecule has 1 rings (SSSR count). The molecule has 0 unspecified atom stereocenters. The molecule has 2 nitrogen and oxygen atoms in total. The van der Waals surface area contributed by atoms with Crippen LogP contribution in [0.15, 0.2) is 18.2 Å². The smallest absolute Gasteiger partial charge is 0.129 e. The van der Waals surface area contributed by atoms with Crippen molar-refractivity contribution < 1.29 is 13.5 Å². The minimum Gasteiger partial charge on any atom is -0.383 e. The largest absolute Gasteiger partial charge is 0.383 e. The molecule has 114 valence electrons. The molecule has 4 heteroatoms. The van der Waals surface area contributed by atoms with E-state index in [2.05, 4.69) is 19.2 Å². The molecular weight excluding hydrogens is 260 g/mol. The van der Waals surface area contributed by atoms with E-state index in [4.69, 9.17) is 4.74 Å². The topological polar surface area (TPSA) is 21.3 Å². The summed E-state index contributed by atoms with van der Waals surface area (Å²) in [7, 11) is 1.66. The quantitative estimate of drug-likeness (QED) is 0.701. The maximum absolute atomic E-state index is 13.8. The Morgan fingerprint density at radius 2 is 1.75 bits per heavy atom. The van der Waals surface area contributed by atoms with Crippen molar-refractivity contribution in [3.63, 3.8) is 0 Å². The summed E-state index contributed by atoms with van der Waals surface area (Å²) in [6, 6.07) is 4.06. The number of halogens is 2. The van der Waals surface area contributed by atoms with E-state index in [1.807, 2.05) is 0 Å². The van der Waals surface area contributed by atoms with Gasteiger partial charge in [0.2, 0.25) is 0 Å². The SMILES string of the molecule is CCC(CC)(CNCCOC)Cc1c(F)cccc1F. The normalized spacial score (nSPS) is 11.8. The first-order valence-electron chi connectivity index (χ1n) is 7.21. The molecule has 0 spiro atoms. The summed E-state index contributed by atoms with van der Waals surface area (Å²) >= 11 is 0. The lowest BCUT2D eigenvalue weighted by Crippen LogP contribution is -2.37. The summed E-state index contributed by atoms with van der Waals surface area (Å²) in [5, 5.41) is 3.32. The van der Waals surface area contributed by atoms with Gasteiger partial charge in [-0.05, 0) is 36.8 Å². The van der Waals surface area contributed by atoms with E-state index in [1.165, 1.54) is 18.2 Å². The molecule has 0 aliphatic carbocycles. The third-order valence-corrected chi connectivity index (χ3v) is 4.10. The summed E-state index contributed by atoms with van der Waals surface area (Å²) in [4.78, 5) is 0. The van der Waals surface area contributed by atoms with E-state index < -0.39 is 11.6 Å². The van der Waals surface area contributed by atoms with Gasteiger partial charge >= 0.3 is 0 Å². The van der Waals surface area contributed by atoms with Crippen LogP contribution in [-0.4, -0.2) is 26.8 Å². The lowest BCUT2D eigenvalue weighted by Gasteiger charge is -2.32. The number of ether oxygens (including phenoxy) is 1. The van der Waals surface area contributed by atoms with Crippen LogP contribution in [0.2, 0.25) is 0 Å². The fourth-order valence-electron chi connectivity index (χ4n) is 2.42. The molecule has 1 N–H and O–H groups in total. The molecule has 0 aliphatic heterocycles. The van der Waals surface area contributed by atoms with Crippen molar-refractivity contribution >= 4 is 0 Å². The third kappa shape index (κ3) is 4.53. The number of nitrogens with one attached hydrogen (secondary N) is 1. The third-order valence-electron chi connectivity index (χ3n) is 4.10. The van der Waals surface area contributed by atoms with Gasteiger partial charge in [0.25, 0.3) is 0 Å². The zero-order valence-electron chi connectivity index (χ0n) is 12.6. The standard InChI is InChI=1S/C16H25F2NO/c1-4-16(5-2,12-19-9-10-20-3)11-13-14(17)7-6-8-15(13)18/h6-8,19H,4-5,9-12H2,1-3H3. The van der Waals surface area contributed by atoms with Crippen LogP contribution in [0, 0.1) is 17.0 Å². The summed E-state index contributed by atoms with van der Waals surface area (Å²) < 4.78 is 32.6. The van der Waals surface area contributed by atoms with Gasteiger partial charge < -0.3 is 10.1 Å². The summed E-state index contributed by atoms with van der Waals surface area (Å²) in [5.74, 6) is -0.902. The zero-order valence-corrected chi connectivity index (χ0v) is 12.6. The highest BCUT2D eigenvalue weighted by Gasteiger charge is 2.28. The van der Waals surface area contributed by atoms with Crippen molar-refractivity contribution in [1.29, 1.82) is 0 Å². The Morgan fingerprint density at radius 1 is 1.15 bits per heavy atom. The molecule has 20 heavy (non-hydrogen) atoms. The Hall–Kier alpha value is -1.00. The molecule has 0 amide bonds. The van der Waals surface area contributed by atoms with E-state index in [0.29, 0.717) is 13.0 Å². The number of hydrogen-bond acceptors (Lipinski definition) is 2. The summed E-state index contributed by atoms with van der Waals surface area (Å²) in [6.07, 6.45) is 2.16. The summed E-state index contributed by atoms with van der Waals surface area (Å²) in [5.41, 5.74) is 0.0706. The van der Waals surface area contributed by atoms with Gasteiger partial charge in [0, 0.05) is 25.8 Å². The fraction of sp³-hybridized carbons (Fsp3) is 0.625. The first-order valence-corrected chi connectivity index (χ1v) is 7.21. The highest BCUT2D eigenvalue weighted by Crippen LogP contribution is 2.32. The van der Waals surface area contributed by atoms with Crippen LogP contribution in [-0.2, 0) is 11.2 Å². The second-order valence-electron chi connectivity index (χ2n) is 5.25.